The molecule has 0 spiro atoms. The van der Waals surface area contributed by atoms with E-state index in [2.05, 4.69) is 4.98 Å². The fraction of sp³-hybridized carbons (Fsp3) is 0.300. The molecule has 1 aliphatic heterocycles. The van der Waals surface area contributed by atoms with Crippen LogP contribution < -0.4 is 0 Å². The third kappa shape index (κ3) is 1.75. The molecular formula is C10H10FNO. The van der Waals surface area contributed by atoms with Gasteiger partial charge < -0.3 is 4.74 Å². The first-order valence-electron chi connectivity index (χ1n) is 4.25. The zero-order valence-corrected chi connectivity index (χ0v) is 7.16. The first kappa shape index (κ1) is 8.38. The van der Waals surface area contributed by atoms with Gasteiger partial charge in [0.1, 0.15) is 0 Å². The van der Waals surface area contributed by atoms with Crippen LogP contribution >= 0.6 is 0 Å². The van der Waals surface area contributed by atoms with Gasteiger partial charge in [0.15, 0.2) is 0 Å². The van der Waals surface area contributed by atoms with Crippen LogP contribution in [-0.2, 0) is 4.74 Å². The van der Waals surface area contributed by atoms with Gasteiger partial charge in [0, 0.05) is 11.8 Å². The minimum absolute atomic E-state index is 0.417. The third-order valence-electron chi connectivity index (χ3n) is 2.02. The Morgan fingerprint density at radius 1 is 1.46 bits per heavy atom. The quantitative estimate of drug-likeness (QED) is 0.615. The molecule has 0 atom stereocenters. The standard InChI is InChI=1S/C10H10FNO/c11-10-9(4-1-5-12-10)8-3-2-6-13-7-8/h1,3-5H,2,6-7H2. The zero-order valence-electron chi connectivity index (χ0n) is 7.16. The number of nitrogens with zero attached hydrogens (tertiary/aromatic N) is 1. The lowest BCUT2D eigenvalue weighted by Gasteiger charge is -2.13. The van der Waals surface area contributed by atoms with Crippen molar-refractivity contribution in [3.63, 3.8) is 0 Å². The van der Waals surface area contributed by atoms with Crippen LogP contribution in [0.25, 0.3) is 5.57 Å². The maximum absolute atomic E-state index is 13.2. The van der Waals surface area contributed by atoms with Gasteiger partial charge in [0.05, 0.1) is 13.2 Å². The molecule has 68 valence electrons. The Morgan fingerprint density at radius 2 is 2.38 bits per heavy atom. The fourth-order valence-corrected chi connectivity index (χ4v) is 1.37. The average molecular weight is 179 g/mol. The topological polar surface area (TPSA) is 22.1 Å². The van der Waals surface area contributed by atoms with Crippen molar-refractivity contribution in [2.75, 3.05) is 13.2 Å². The Kier molecular flexibility index (Phi) is 2.36. The summed E-state index contributed by atoms with van der Waals surface area (Å²) in [6.45, 7) is 1.22. The van der Waals surface area contributed by atoms with Gasteiger partial charge >= 0.3 is 0 Å². The minimum Gasteiger partial charge on any atom is -0.376 e. The van der Waals surface area contributed by atoms with Crippen molar-refractivity contribution in [3.05, 3.63) is 35.9 Å². The van der Waals surface area contributed by atoms with Crippen LogP contribution in [0.5, 0.6) is 0 Å². The van der Waals surface area contributed by atoms with Crippen molar-refractivity contribution in [1.29, 1.82) is 0 Å². The summed E-state index contributed by atoms with van der Waals surface area (Å²) in [7, 11) is 0. The molecule has 0 saturated heterocycles. The zero-order chi connectivity index (χ0) is 9.10. The van der Waals surface area contributed by atoms with Crippen molar-refractivity contribution < 1.29 is 9.13 Å². The molecule has 0 N–H and O–H groups in total. The third-order valence-corrected chi connectivity index (χ3v) is 2.02. The second-order valence-electron chi connectivity index (χ2n) is 2.91. The molecule has 0 fully saturated rings. The average Bonchev–Trinajstić information content (AvgIpc) is 2.20. The van der Waals surface area contributed by atoms with Crippen molar-refractivity contribution in [1.82, 2.24) is 4.98 Å². The molecule has 0 saturated carbocycles. The van der Waals surface area contributed by atoms with E-state index in [1.807, 2.05) is 6.08 Å². The number of hydrogen-bond acceptors (Lipinski definition) is 2. The molecular weight excluding hydrogens is 169 g/mol. The first-order chi connectivity index (χ1) is 6.38. The second-order valence-corrected chi connectivity index (χ2v) is 2.91. The molecule has 0 radical (unpaired) electrons. The van der Waals surface area contributed by atoms with Crippen LogP contribution in [0, 0.1) is 5.95 Å². The summed E-state index contributed by atoms with van der Waals surface area (Å²) in [5, 5.41) is 0. The summed E-state index contributed by atoms with van der Waals surface area (Å²) in [5.74, 6) is -0.417. The van der Waals surface area contributed by atoms with E-state index < -0.39 is 5.95 Å². The molecule has 2 nitrogen and oxygen atoms in total. The van der Waals surface area contributed by atoms with Crippen molar-refractivity contribution in [2.24, 2.45) is 0 Å². The first-order valence-corrected chi connectivity index (χ1v) is 4.25. The van der Waals surface area contributed by atoms with E-state index >= 15 is 0 Å². The molecule has 1 aromatic rings. The number of halogens is 1. The molecule has 0 aliphatic carbocycles. The monoisotopic (exact) mass is 179 g/mol. The van der Waals surface area contributed by atoms with Gasteiger partial charge in [-0.3, -0.25) is 0 Å². The lowest BCUT2D eigenvalue weighted by atomic mass is 10.1. The summed E-state index contributed by atoms with van der Waals surface area (Å²) in [6.07, 6.45) is 4.30. The van der Waals surface area contributed by atoms with Crippen molar-refractivity contribution in [3.8, 4) is 0 Å². The summed E-state index contributed by atoms with van der Waals surface area (Å²) in [4.78, 5) is 3.59. The maximum Gasteiger partial charge on any atom is 0.220 e. The van der Waals surface area contributed by atoms with Crippen LogP contribution in [-0.4, -0.2) is 18.2 Å². The van der Waals surface area contributed by atoms with Gasteiger partial charge in [0.2, 0.25) is 5.95 Å². The number of pyridine rings is 1. The Labute approximate surface area is 76.1 Å². The largest absolute Gasteiger partial charge is 0.376 e. The normalized spacial score (nSPS) is 16.8. The predicted octanol–water partition coefficient (Wildman–Crippen LogP) is 2.02. The lowest BCUT2D eigenvalue weighted by molar-refractivity contribution is 0.164. The molecule has 2 heterocycles. The summed E-state index contributed by atoms with van der Waals surface area (Å²) in [5.41, 5.74) is 1.46. The Balaban J connectivity index is 2.34. The molecule has 3 heteroatoms. The van der Waals surface area contributed by atoms with E-state index in [9.17, 15) is 4.39 Å². The van der Waals surface area contributed by atoms with Crippen LogP contribution in [0.4, 0.5) is 4.39 Å². The highest BCUT2D eigenvalue weighted by Crippen LogP contribution is 2.19. The second kappa shape index (κ2) is 3.66. The fourth-order valence-electron chi connectivity index (χ4n) is 1.37. The minimum atomic E-state index is -0.417. The highest BCUT2D eigenvalue weighted by molar-refractivity contribution is 5.66. The molecule has 0 aromatic carbocycles. The molecule has 0 unspecified atom stereocenters. The molecule has 1 aromatic heterocycles. The summed E-state index contributed by atoms with van der Waals surface area (Å²) in [6, 6.07) is 3.46. The van der Waals surface area contributed by atoms with E-state index in [1.54, 1.807) is 12.1 Å². The van der Waals surface area contributed by atoms with E-state index in [-0.39, 0.29) is 0 Å². The van der Waals surface area contributed by atoms with Crippen LogP contribution in [0.15, 0.2) is 24.4 Å². The summed E-state index contributed by atoms with van der Waals surface area (Å²) < 4.78 is 18.4. The Hall–Kier alpha value is -1.22. The SMILES string of the molecule is Fc1ncccc1C1=CCCOC1. The maximum atomic E-state index is 13.2. The highest BCUT2D eigenvalue weighted by atomic mass is 19.1. The Bertz CT molecular complexity index is 335. The van der Waals surface area contributed by atoms with Crippen LogP contribution in [0.3, 0.4) is 0 Å². The molecule has 13 heavy (non-hydrogen) atoms. The molecule has 2 rings (SSSR count). The van der Waals surface area contributed by atoms with Gasteiger partial charge in [-0.1, -0.05) is 6.08 Å². The molecule has 0 amide bonds. The van der Waals surface area contributed by atoms with Gasteiger partial charge in [0.25, 0.3) is 0 Å². The van der Waals surface area contributed by atoms with Crippen LogP contribution in [0.2, 0.25) is 0 Å². The number of hydrogen-bond donors (Lipinski definition) is 0. The van der Waals surface area contributed by atoms with Crippen LogP contribution in [0.1, 0.15) is 12.0 Å². The van der Waals surface area contributed by atoms with Gasteiger partial charge in [-0.15, -0.1) is 0 Å². The number of aromatic nitrogens is 1. The predicted molar refractivity (Wildman–Crippen MR) is 47.6 cm³/mol. The van der Waals surface area contributed by atoms with Gasteiger partial charge in [-0.2, -0.15) is 4.39 Å². The van der Waals surface area contributed by atoms with E-state index in [1.165, 1.54) is 6.20 Å². The van der Waals surface area contributed by atoms with E-state index in [0.717, 1.165) is 18.6 Å². The summed E-state index contributed by atoms with van der Waals surface area (Å²) >= 11 is 0. The molecule has 1 aliphatic rings. The molecule has 0 bridgehead atoms. The van der Waals surface area contributed by atoms with Gasteiger partial charge in [-0.05, 0) is 24.1 Å². The van der Waals surface area contributed by atoms with E-state index in [4.69, 9.17) is 4.74 Å². The lowest BCUT2D eigenvalue weighted by Crippen LogP contribution is -2.06. The van der Waals surface area contributed by atoms with Gasteiger partial charge in [-0.25, -0.2) is 4.98 Å². The van der Waals surface area contributed by atoms with E-state index in [0.29, 0.717) is 12.2 Å². The smallest absolute Gasteiger partial charge is 0.220 e. The highest BCUT2D eigenvalue weighted by Gasteiger charge is 2.10. The number of ether oxygens (including phenoxy) is 1. The Morgan fingerprint density at radius 3 is 3.08 bits per heavy atom. The van der Waals surface area contributed by atoms with Crippen molar-refractivity contribution >= 4 is 5.57 Å². The van der Waals surface area contributed by atoms with Crippen molar-refractivity contribution in [2.45, 2.75) is 6.42 Å². The number of rotatable bonds is 1.